The second-order valence-electron chi connectivity index (χ2n) is 9.05. The average molecular weight is 550 g/mol. The molecular weight excluding hydrogens is 516 g/mol. The maximum atomic E-state index is 14.1. The highest BCUT2D eigenvalue weighted by molar-refractivity contribution is 9.09. The first-order valence-corrected chi connectivity index (χ1v) is 13.8. The fourth-order valence-electron chi connectivity index (χ4n) is 4.67. The van der Waals surface area contributed by atoms with Gasteiger partial charge in [-0.2, -0.15) is 0 Å². The maximum absolute atomic E-state index is 14.1. The van der Waals surface area contributed by atoms with Gasteiger partial charge in [0.1, 0.15) is 0 Å². The topological polar surface area (TPSA) is 58.6 Å². The van der Waals surface area contributed by atoms with Gasteiger partial charge in [0.05, 0.1) is 12.3 Å². The van der Waals surface area contributed by atoms with Crippen LogP contribution in [-0.2, 0) is 11.2 Å². The molecule has 0 fully saturated rings. The van der Waals surface area contributed by atoms with Gasteiger partial charge in [-0.25, -0.2) is 0 Å². The minimum atomic E-state index is -1.30. The Bertz CT molecular complexity index is 1140. The van der Waals surface area contributed by atoms with E-state index in [0.29, 0.717) is 24.2 Å². The number of nitrogens with one attached hydrogen (secondary N) is 1. The number of amides is 2. The number of hydrogen-bond donors (Lipinski definition) is 1. The molecule has 4 rings (SSSR count). The number of carbonyl (C=O) groups excluding carboxylic acids is 2. The van der Waals surface area contributed by atoms with Crippen LogP contribution in [0.5, 0.6) is 0 Å². The first-order valence-electron chi connectivity index (χ1n) is 12.7. The summed E-state index contributed by atoms with van der Waals surface area (Å²) in [5.74, 6) is -1.76. The lowest BCUT2D eigenvalue weighted by Gasteiger charge is -2.43. The lowest BCUT2D eigenvalue weighted by molar-refractivity contribution is -0.0684. The minimum Gasteiger partial charge on any atom is -0.338 e. The third kappa shape index (κ3) is 6.23. The van der Waals surface area contributed by atoms with Gasteiger partial charge in [-0.05, 0) is 61.6 Å². The molecule has 188 valence electrons. The van der Waals surface area contributed by atoms with Crippen molar-refractivity contribution in [3.63, 3.8) is 0 Å². The molecule has 3 aromatic rings. The highest BCUT2D eigenvalue weighted by Crippen LogP contribution is 2.37. The number of ether oxygens (including phenoxy) is 1. The van der Waals surface area contributed by atoms with Gasteiger partial charge in [0, 0.05) is 22.9 Å². The Morgan fingerprint density at radius 2 is 1.47 bits per heavy atom. The number of fused-ring (bicyclic) bond motifs is 1. The Hall–Kier alpha value is -2.96. The molecule has 0 bridgehead atoms. The van der Waals surface area contributed by atoms with Crippen LogP contribution in [0.2, 0.25) is 0 Å². The van der Waals surface area contributed by atoms with Gasteiger partial charge in [0.2, 0.25) is 5.85 Å². The third-order valence-corrected chi connectivity index (χ3v) is 7.05. The molecule has 1 unspecified atom stereocenters. The number of aryl methyl sites for hydroxylation is 1. The zero-order valence-corrected chi connectivity index (χ0v) is 22.1. The Kier molecular flexibility index (Phi) is 9.31. The molecule has 3 aromatic carbocycles. The van der Waals surface area contributed by atoms with E-state index < -0.39 is 5.85 Å². The Morgan fingerprint density at radius 1 is 0.833 bits per heavy atom. The number of unbranched alkanes of at least 4 members (excludes halogenated alkanes) is 3. The monoisotopic (exact) mass is 548 g/mol. The van der Waals surface area contributed by atoms with Crippen LogP contribution in [0.4, 0.5) is 5.69 Å². The number of alkyl halides is 1. The molecule has 0 saturated carbocycles. The van der Waals surface area contributed by atoms with Crippen molar-refractivity contribution in [2.45, 2.75) is 50.8 Å². The molecule has 6 heteroatoms. The number of halogens is 1. The van der Waals surface area contributed by atoms with Crippen LogP contribution in [0.1, 0.15) is 64.8 Å². The summed E-state index contributed by atoms with van der Waals surface area (Å²) in [5.41, 5.74) is 2.92. The van der Waals surface area contributed by atoms with Crippen molar-refractivity contribution in [1.82, 2.24) is 5.32 Å². The summed E-state index contributed by atoms with van der Waals surface area (Å²) >= 11 is 3.49. The Labute approximate surface area is 222 Å². The molecule has 1 heterocycles. The van der Waals surface area contributed by atoms with E-state index in [0.717, 1.165) is 55.1 Å². The number of nitrogens with zero attached hydrogens (tertiary/aromatic N) is 1. The van der Waals surface area contributed by atoms with Gasteiger partial charge >= 0.3 is 0 Å². The molecular formula is C30H33BrN2O3. The van der Waals surface area contributed by atoms with E-state index >= 15 is 0 Å². The molecule has 1 aliphatic rings. The van der Waals surface area contributed by atoms with Crippen molar-refractivity contribution in [3.05, 3.63) is 102 Å². The van der Waals surface area contributed by atoms with Crippen molar-refractivity contribution in [1.29, 1.82) is 0 Å². The Balaban J connectivity index is 1.74. The summed E-state index contributed by atoms with van der Waals surface area (Å²) in [4.78, 5) is 29.3. The van der Waals surface area contributed by atoms with Crippen LogP contribution in [0.3, 0.4) is 0 Å². The smallest absolute Gasteiger partial charge is 0.262 e. The maximum Gasteiger partial charge on any atom is 0.262 e. The molecule has 1 aliphatic heterocycles. The molecule has 0 saturated heterocycles. The van der Waals surface area contributed by atoms with E-state index in [1.165, 1.54) is 0 Å². The summed E-state index contributed by atoms with van der Waals surface area (Å²) in [7, 11) is 0. The predicted octanol–water partition coefficient (Wildman–Crippen LogP) is 6.73. The van der Waals surface area contributed by atoms with E-state index in [4.69, 9.17) is 4.74 Å². The number of para-hydroxylation sites is 1. The summed E-state index contributed by atoms with van der Waals surface area (Å²) in [5, 5.41) is 4.16. The molecule has 0 aromatic heterocycles. The molecule has 0 radical (unpaired) electrons. The zero-order valence-electron chi connectivity index (χ0n) is 20.5. The molecule has 1 atom stereocenters. The average Bonchev–Trinajstić information content (AvgIpc) is 3.08. The van der Waals surface area contributed by atoms with Gasteiger partial charge < -0.3 is 10.1 Å². The fraction of sp³-hybridized carbons (Fsp3) is 0.333. The number of rotatable bonds is 10. The lowest BCUT2D eigenvalue weighted by atomic mass is 10.1. The molecule has 0 aliphatic carbocycles. The quantitative estimate of drug-likeness (QED) is 0.173. The standard InChI is InChI=1S/C30H33BrN2O3/c31-22-11-1-2-12-23-36-30(32-28(34)25-15-5-3-6-16-25)21-13-19-24-14-9-10-20-27(24)33(30)29(35)26-17-7-4-8-18-26/h3-10,14-18,20H,1-2,11-13,19,21-23H2,(H,32,34). The second kappa shape index (κ2) is 12.8. The normalized spacial score (nSPS) is 17.2. The van der Waals surface area contributed by atoms with Crippen LogP contribution in [0.25, 0.3) is 0 Å². The van der Waals surface area contributed by atoms with E-state index in [1.807, 2.05) is 54.6 Å². The van der Waals surface area contributed by atoms with Crippen LogP contribution < -0.4 is 10.2 Å². The van der Waals surface area contributed by atoms with Crippen molar-refractivity contribution in [2.24, 2.45) is 0 Å². The third-order valence-electron chi connectivity index (χ3n) is 6.49. The zero-order chi connectivity index (χ0) is 25.2. The van der Waals surface area contributed by atoms with E-state index in [1.54, 1.807) is 29.2 Å². The molecule has 0 spiro atoms. The highest BCUT2D eigenvalue weighted by atomic mass is 79.9. The lowest BCUT2D eigenvalue weighted by Crippen LogP contribution is -2.64. The summed E-state index contributed by atoms with van der Waals surface area (Å²) < 4.78 is 6.60. The summed E-state index contributed by atoms with van der Waals surface area (Å²) in [6.45, 7) is 0.443. The van der Waals surface area contributed by atoms with Crippen LogP contribution in [0, 0.1) is 0 Å². The first-order chi connectivity index (χ1) is 17.6. The van der Waals surface area contributed by atoms with Crippen LogP contribution >= 0.6 is 15.9 Å². The number of benzene rings is 3. The van der Waals surface area contributed by atoms with E-state index in [-0.39, 0.29) is 11.8 Å². The van der Waals surface area contributed by atoms with Gasteiger partial charge in [-0.3, -0.25) is 14.5 Å². The van der Waals surface area contributed by atoms with E-state index in [9.17, 15) is 9.59 Å². The predicted molar refractivity (Wildman–Crippen MR) is 147 cm³/mol. The van der Waals surface area contributed by atoms with Gasteiger partial charge in [-0.1, -0.05) is 83.4 Å². The first kappa shape index (κ1) is 26.1. The summed E-state index contributed by atoms with van der Waals surface area (Å²) in [6, 6.07) is 26.2. The van der Waals surface area contributed by atoms with Gasteiger partial charge in [-0.15, -0.1) is 0 Å². The molecule has 5 nitrogen and oxygen atoms in total. The number of carbonyl (C=O) groups is 2. The molecule has 2 amide bonds. The minimum absolute atomic E-state index is 0.197. The van der Waals surface area contributed by atoms with E-state index in [2.05, 4.69) is 27.3 Å². The van der Waals surface area contributed by atoms with Crippen molar-refractivity contribution < 1.29 is 14.3 Å². The Morgan fingerprint density at radius 3 is 2.19 bits per heavy atom. The van der Waals surface area contributed by atoms with Crippen molar-refractivity contribution >= 4 is 33.4 Å². The summed E-state index contributed by atoms with van der Waals surface area (Å²) in [6.07, 6.45) is 6.15. The fourth-order valence-corrected chi connectivity index (χ4v) is 5.07. The molecule has 1 N–H and O–H groups in total. The van der Waals surface area contributed by atoms with Crippen LogP contribution in [0.15, 0.2) is 84.9 Å². The SMILES string of the molecule is O=C(NC1(OCCCCCCBr)CCCc2ccccc2N1C(=O)c1ccccc1)c1ccccc1. The number of anilines is 1. The van der Waals surface area contributed by atoms with Crippen LogP contribution in [-0.4, -0.2) is 29.6 Å². The van der Waals surface area contributed by atoms with Crippen molar-refractivity contribution in [3.8, 4) is 0 Å². The van der Waals surface area contributed by atoms with Gasteiger partial charge in [0.15, 0.2) is 0 Å². The largest absolute Gasteiger partial charge is 0.338 e. The van der Waals surface area contributed by atoms with Crippen molar-refractivity contribution in [2.75, 3.05) is 16.8 Å². The van der Waals surface area contributed by atoms with Gasteiger partial charge in [0.25, 0.3) is 11.8 Å². The molecule has 36 heavy (non-hydrogen) atoms. The highest BCUT2D eigenvalue weighted by Gasteiger charge is 2.45. The number of hydrogen-bond acceptors (Lipinski definition) is 3. The second-order valence-corrected chi connectivity index (χ2v) is 9.84.